The van der Waals surface area contributed by atoms with Gasteiger partial charge < -0.3 is 0 Å². The lowest BCUT2D eigenvalue weighted by molar-refractivity contribution is 0.104. The first-order chi connectivity index (χ1) is 8.09. The SMILES string of the molecule is CC(C)c1ccc(C(=O)c2sccc2Br)cc1. The van der Waals surface area contributed by atoms with Gasteiger partial charge in [0.05, 0.1) is 4.88 Å². The van der Waals surface area contributed by atoms with Crippen LogP contribution >= 0.6 is 27.3 Å². The fourth-order valence-corrected chi connectivity index (χ4v) is 3.12. The molecule has 1 aromatic carbocycles. The summed E-state index contributed by atoms with van der Waals surface area (Å²) in [5.41, 5.74) is 2.00. The summed E-state index contributed by atoms with van der Waals surface area (Å²) in [6.07, 6.45) is 0. The molecule has 0 radical (unpaired) electrons. The van der Waals surface area contributed by atoms with Crippen LogP contribution in [0.1, 0.15) is 40.6 Å². The quantitative estimate of drug-likeness (QED) is 0.740. The van der Waals surface area contributed by atoms with E-state index in [0.717, 1.165) is 14.9 Å². The summed E-state index contributed by atoms with van der Waals surface area (Å²) in [6.45, 7) is 4.29. The zero-order valence-electron chi connectivity index (χ0n) is 9.74. The summed E-state index contributed by atoms with van der Waals surface area (Å²) in [6, 6.07) is 9.77. The number of hydrogen-bond donors (Lipinski definition) is 0. The van der Waals surface area contributed by atoms with E-state index in [9.17, 15) is 4.79 Å². The van der Waals surface area contributed by atoms with Gasteiger partial charge in [-0.25, -0.2) is 0 Å². The fourth-order valence-electron chi connectivity index (χ4n) is 1.61. The molecule has 1 nitrogen and oxygen atoms in total. The molecule has 3 heteroatoms. The Kier molecular flexibility index (Phi) is 3.79. The molecule has 17 heavy (non-hydrogen) atoms. The Hall–Kier alpha value is -0.930. The van der Waals surface area contributed by atoms with Gasteiger partial charge in [-0.05, 0) is 38.9 Å². The van der Waals surface area contributed by atoms with Gasteiger partial charge in [0.1, 0.15) is 0 Å². The van der Waals surface area contributed by atoms with Crippen LogP contribution in [0.2, 0.25) is 0 Å². The van der Waals surface area contributed by atoms with Crippen molar-refractivity contribution in [1.29, 1.82) is 0 Å². The molecule has 0 N–H and O–H groups in total. The van der Waals surface area contributed by atoms with E-state index in [4.69, 9.17) is 0 Å². The monoisotopic (exact) mass is 308 g/mol. The van der Waals surface area contributed by atoms with Gasteiger partial charge in [-0.1, -0.05) is 38.1 Å². The molecule has 0 amide bonds. The molecule has 0 fully saturated rings. The molecular weight excluding hydrogens is 296 g/mol. The van der Waals surface area contributed by atoms with E-state index in [1.54, 1.807) is 0 Å². The normalized spacial score (nSPS) is 10.8. The molecule has 0 saturated heterocycles. The minimum Gasteiger partial charge on any atom is -0.288 e. The summed E-state index contributed by atoms with van der Waals surface area (Å²) in [5, 5.41) is 1.92. The molecule has 2 aromatic rings. The predicted molar refractivity (Wildman–Crippen MR) is 76.0 cm³/mol. The lowest BCUT2D eigenvalue weighted by Crippen LogP contribution is -1.99. The summed E-state index contributed by atoms with van der Waals surface area (Å²) in [5.74, 6) is 0.579. The van der Waals surface area contributed by atoms with Crippen molar-refractivity contribution in [2.45, 2.75) is 19.8 Å². The van der Waals surface area contributed by atoms with Crippen molar-refractivity contribution in [3.63, 3.8) is 0 Å². The summed E-state index contributed by atoms with van der Waals surface area (Å²) in [7, 11) is 0. The van der Waals surface area contributed by atoms with Crippen molar-refractivity contribution in [2.24, 2.45) is 0 Å². The van der Waals surface area contributed by atoms with E-state index in [-0.39, 0.29) is 5.78 Å². The molecule has 0 saturated carbocycles. The average molecular weight is 309 g/mol. The van der Waals surface area contributed by atoms with Gasteiger partial charge in [-0.2, -0.15) is 0 Å². The second kappa shape index (κ2) is 5.15. The molecular formula is C14H13BrOS. The molecule has 0 unspecified atom stereocenters. The van der Waals surface area contributed by atoms with Crippen molar-refractivity contribution >= 4 is 33.0 Å². The molecule has 0 aliphatic rings. The van der Waals surface area contributed by atoms with Crippen LogP contribution in [0.3, 0.4) is 0 Å². The van der Waals surface area contributed by atoms with Crippen molar-refractivity contribution in [3.05, 3.63) is 56.2 Å². The number of halogens is 1. The fraction of sp³-hybridized carbons (Fsp3) is 0.214. The highest BCUT2D eigenvalue weighted by Crippen LogP contribution is 2.26. The Labute approximate surface area is 114 Å². The zero-order valence-corrected chi connectivity index (χ0v) is 12.1. The van der Waals surface area contributed by atoms with Crippen molar-refractivity contribution in [2.75, 3.05) is 0 Å². The molecule has 0 aliphatic heterocycles. The summed E-state index contributed by atoms with van der Waals surface area (Å²) in [4.78, 5) is 13.0. The molecule has 0 bridgehead atoms. The molecule has 2 rings (SSSR count). The minimum atomic E-state index is 0.0854. The molecule has 0 aliphatic carbocycles. The van der Waals surface area contributed by atoms with Crippen LogP contribution < -0.4 is 0 Å². The van der Waals surface area contributed by atoms with Crippen molar-refractivity contribution < 1.29 is 4.79 Å². The summed E-state index contributed by atoms with van der Waals surface area (Å²) < 4.78 is 0.875. The van der Waals surface area contributed by atoms with Crippen LogP contribution in [-0.4, -0.2) is 5.78 Å². The third kappa shape index (κ3) is 2.67. The first kappa shape index (κ1) is 12.5. The van der Waals surface area contributed by atoms with Crippen LogP contribution in [0.15, 0.2) is 40.2 Å². The lowest BCUT2D eigenvalue weighted by Gasteiger charge is -2.06. The van der Waals surface area contributed by atoms with Gasteiger partial charge >= 0.3 is 0 Å². The van der Waals surface area contributed by atoms with E-state index >= 15 is 0 Å². The predicted octanol–water partition coefficient (Wildman–Crippen LogP) is 4.87. The number of thiophene rings is 1. The Morgan fingerprint density at radius 2 is 1.82 bits per heavy atom. The van der Waals surface area contributed by atoms with Gasteiger partial charge in [-0.15, -0.1) is 11.3 Å². The highest BCUT2D eigenvalue weighted by Gasteiger charge is 2.13. The third-order valence-corrected chi connectivity index (χ3v) is 4.50. The zero-order chi connectivity index (χ0) is 12.4. The topological polar surface area (TPSA) is 17.1 Å². The van der Waals surface area contributed by atoms with E-state index in [1.807, 2.05) is 35.7 Å². The highest BCUT2D eigenvalue weighted by molar-refractivity contribution is 9.10. The Bertz CT molecular complexity index is 525. The molecule has 0 atom stereocenters. The number of ketones is 1. The number of carbonyl (C=O) groups excluding carboxylic acids is 1. The summed E-state index contributed by atoms with van der Waals surface area (Å²) >= 11 is 4.86. The Morgan fingerprint density at radius 3 is 2.29 bits per heavy atom. The van der Waals surface area contributed by atoms with Crippen LogP contribution in [-0.2, 0) is 0 Å². The van der Waals surface area contributed by atoms with Gasteiger partial charge in [-0.3, -0.25) is 4.79 Å². The Balaban J connectivity index is 2.29. The van der Waals surface area contributed by atoms with Gasteiger partial charge in [0, 0.05) is 10.0 Å². The highest BCUT2D eigenvalue weighted by atomic mass is 79.9. The molecule has 1 aromatic heterocycles. The van der Waals surface area contributed by atoms with E-state index < -0.39 is 0 Å². The molecule has 1 heterocycles. The van der Waals surface area contributed by atoms with Gasteiger partial charge in [0.15, 0.2) is 0 Å². The van der Waals surface area contributed by atoms with Gasteiger partial charge in [0.2, 0.25) is 5.78 Å². The van der Waals surface area contributed by atoms with Gasteiger partial charge in [0.25, 0.3) is 0 Å². The number of hydrogen-bond acceptors (Lipinski definition) is 2. The van der Waals surface area contributed by atoms with E-state index in [2.05, 4.69) is 29.8 Å². The van der Waals surface area contributed by atoms with Crippen molar-refractivity contribution in [3.8, 4) is 0 Å². The van der Waals surface area contributed by atoms with E-state index in [0.29, 0.717) is 5.92 Å². The van der Waals surface area contributed by atoms with Crippen LogP contribution in [0, 0.1) is 0 Å². The largest absolute Gasteiger partial charge is 0.288 e. The lowest BCUT2D eigenvalue weighted by atomic mass is 10.0. The standard InChI is InChI=1S/C14H13BrOS/c1-9(2)10-3-5-11(6-4-10)13(16)14-12(15)7-8-17-14/h3-9H,1-2H3. The molecule has 88 valence electrons. The van der Waals surface area contributed by atoms with Crippen LogP contribution in [0.5, 0.6) is 0 Å². The number of carbonyl (C=O) groups is 1. The second-order valence-corrected chi connectivity index (χ2v) is 5.97. The smallest absolute Gasteiger partial charge is 0.204 e. The molecule has 0 spiro atoms. The number of rotatable bonds is 3. The number of benzene rings is 1. The average Bonchev–Trinajstić information content (AvgIpc) is 2.74. The second-order valence-electron chi connectivity index (χ2n) is 4.20. The van der Waals surface area contributed by atoms with Crippen molar-refractivity contribution in [1.82, 2.24) is 0 Å². The third-order valence-electron chi connectivity index (χ3n) is 2.66. The maximum Gasteiger partial charge on any atom is 0.204 e. The first-order valence-corrected chi connectivity index (χ1v) is 7.14. The van der Waals surface area contributed by atoms with Crippen LogP contribution in [0.25, 0.3) is 0 Å². The Morgan fingerprint density at radius 1 is 1.18 bits per heavy atom. The van der Waals surface area contributed by atoms with Crippen LogP contribution in [0.4, 0.5) is 0 Å². The minimum absolute atomic E-state index is 0.0854. The van der Waals surface area contributed by atoms with E-state index in [1.165, 1.54) is 16.9 Å². The maximum atomic E-state index is 12.2. The maximum absolute atomic E-state index is 12.2. The first-order valence-electron chi connectivity index (χ1n) is 5.47.